The lowest BCUT2D eigenvalue weighted by molar-refractivity contribution is 0.0601. The molecule has 1 aromatic carbocycles. The Morgan fingerprint density at radius 1 is 1.22 bits per heavy atom. The highest BCUT2D eigenvalue weighted by Crippen LogP contribution is 2.28. The van der Waals surface area contributed by atoms with Gasteiger partial charge in [0.1, 0.15) is 5.56 Å². The molecule has 8 nitrogen and oxygen atoms in total. The number of esters is 1. The van der Waals surface area contributed by atoms with E-state index in [-0.39, 0.29) is 28.3 Å². The zero-order valence-corrected chi connectivity index (χ0v) is 16.0. The van der Waals surface area contributed by atoms with E-state index >= 15 is 0 Å². The van der Waals surface area contributed by atoms with Crippen LogP contribution >= 0.6 is 0 Å². The van der Waals surface area contributed by atoms with E-state index in [0.29, 0.717) is 11.5 Å². The van der Waals surface area contributed by atoms with Gasteiger partial charge in [-0.05, 0) is 25.0 Å². The van der Waals surface area contributed by atoms with E-state index in [1.54, 1.807) is 0 Å². The Bertz CT molecular complexity index is 1010. The van der Waals surface area contributed by atoms with Crippen LogP contribution in [-0.4, -0.2) is 49.5 Å². The van der Waals surface area contributed by atoms with Gasteiger partial charge in [-0.15, -0.1) is 0 Å². The number of methoxy groups -OCH3 is 1. The Morgan fingerprint density at radius 3 is 2.52 bits per heavy atom. The summed E-state index contributed by atoms with van der Waals surface area (Å²) in [4.78, 5) is 24.8. The molecular formula is C18H21N3O5S. The molecule has 0 atom stereocenters. The third-order valence-electron chi connectivity index (χ3n) is 4.51. The van der Waals surface area contributed by atoms with Crippen molar-refractivity contribution in [2.24, 2.45) is 11.4 Å². The molecule has 1 aliphatic rings. The molecule has 1 aliphatic heterocycles. The fraction of sp³-hybridized carbons (Fsp3) is 0.389. The topological polar surface area (TPSA) is 111 Å². The molecular weight excluding hydrogens is 370 g/mol. The Kier molecular flexibility index (Phi) is 5.31. The number of rotatable bonds is 4. The summed E-state index contributed by atoms with van der Waals surface area (Å²) in [6.07, 6.45) is 3.91. The van der Waals surface area contributed by atoms with Crippen LogP contribution in [0.25, 0.3) is 0 Å². The van der Waals surface area contributed by atoms with Crippen LogP contribution in [0.4, 0.5) is 5.69 Å². The van der Waals surface area contributed by atoms with E-state index in [9.17, 15) is 18.9 Å². The number of nitrogens with zero attached hydrogens (tertiary/aromatic N) is 3. The van der Waals surface area contributed by atoms with Gasteiger partial charge in [0.05, 0.1) is 34.3 Å². The first kappa shape index (κ1) is 19.1. The fourth-order valence-electron chi connectivity index (χ4n) is 2.98. The Balaban J connectivity index is 2.09. The number of hydrogen-bond donors (Lipinski definition) is 1. The van der Waals surface area contributed by atoms with E-state index in [1.807, 2.05) is 0 Å². The molecule has 27 heavy (non-hydrogen) atoms. The van der Waals surface area contributed by atoms with E-state index in [1.165, 1.54) is 43.2 Å². The predicted octanol–water partition coefficient (Wildman–Crippen LogP) is 2.43. The highest BCUT2D eigenvalue weighted by molar-refractivity contribution is 7.93. The lowest BCUT2D eigenvalue weighted by Crippen LogP contribution is -2.16. The number of ketones is 1. The van der Waals surface area contributed by atoms with Gasteiger partial charge in [0.2, 0.25) is 5.88 Å². The second-order valence-electron chi connectivity index (χ2n) is 6.39. The molecule has 2 heterocycles. The molecule has 0 bridgehead atoms. The van der Waals surface area contributed by atoms with Crippen LogP contribution in [0, 0.1) is 0 Å². The predicted molar refractivity (Wildman–Crippen MR) is 99.9 cm³/mol. The second-order valence-corrected chi connectivity index (χ2v) is 8.94. The maximum atomic E-state index is 13.0. The molecule has 0 aliphatic carbocycles. The summed E-state index contributed by atoms with van der Waals surface area (Å²) < 4.78 is 23.3. The number of benzene rings is 1. The molecule has 1 aromatic heterocycles. The number of ether oxygens (including phenoxy) is 1. The highest BCUT2D eigenvalue weighted by atomic mass is 32.2. The van der Waals surface area contributed by atoms with Crippen molar-refractivity contribution in [3.05, 3.63) is 41.1 Å². The molecule has 3 rings (SSSR count). The summed E-state index contributed by atoms with van der Waals surface area (Å²) >= 11 is 0. The molecule has 0 saturated carbocycles. The zero-order valence-electron chi connectivity index (χ0n) is 15.2. The van der Waals surface area contributed by atoms with E-state index < -0.39 is 21.5 Å². The van der Waals surface area contributed by atoms with Crippen LogP contribution in [0.15, 0.2) is 28.8 Å². The van der Waals surface area contributed by atoms with Crippen molar-refractivity contribution in [3.63, 3.8) is 0 Å². The Labute approximate surface area is 157 Å². The zero-order chi connectivity index (χ0) is 19.6. The fourth-order valence-corrected chi connectivity index (χ4v) is 5.19. The van der Waals surface area contributed by atoms with Crippen molar-refractivity contribution >= 4 is 27.2 Å². The summed E-state index contributed by atoms with van der Waals surface area (Å²) in [6, 6.07) is 4.30. The van der Waals surface area contributed by atoms with Crippen LogP contribution in [0.3, 0.4) is 0 Å². The van der Waals surface area contributed by atoms with Crippen molar-refractivity contribution < 1.29 is 23.6 Å². The standard InChI is InChI=1S/C18H21N3O5S/c1-21-17(23)14(11-19-21)16(22)12-6-7-13(18(24)26-2)15(10-12)20-27(25)8-4-3-5-9-27/h6-7,10-11,23H,3-5,8-9H2,1-2H3. The number of aromatic nitrogens is 2. The number of aromatic hydroxyl groups is 1. The van der Waals surface area contributed by atoms with E-state index in [0.717, 1.165) is 19.3 Å². The molecule has 0 unspecified atom stereocenters. The molecule has 1 fully saturated rings. The van der Waals surface area contributed by atoms with E-state index in [2.05, 4.69) is 9.46 Å². The second kappa shape index (κ2) is 7.51. The summed E-state index contributed by atoms with van der Waals surface area (Å²) in [5.74, 6) is -0.402. The van der Waals surface area contributed by atoms with E-state index in [4.69, 9.17) is 4.74 Å². The first-order chi connectivity index (χ1) is 12.8. The van der Waals surface area contributed by atoms with Crippen molar-refractivity contribution in [1.29, 1.82) is 0 Å². The SMILES string of the molecule is COC(=O)c1ccc(C(=O)c2cnn(C)c2O)cc1N=S1(=O)CCCCC1. The van der Waals surface area contributed by atoms with Gasteiger partial charge in [0.15, 0.2) is 5.78 Å². The van der Waals surface area contributed by atoms with Crippen LogP contribution in [0.1, 0.15) is 45.5 Å². The summed E-state index contributed by atoms with van der Waals surface area (Å²) in [5.41, 5.74) is 0.570. The lowest BCUT2D eigenvalue weighted by atomic mass is 10.0. The van der Waals surface area contributed by atoms with Gasteiger partial charge in [0.25, 0.3) is 0 Å². The molecule has 1 saturated heterocycles. The quantitative estimate of drug-likeness (QED) is 0.633. The molecule has 0 amide bonds. The average molecular weight is 391 g/mol. The first-order valence-electron chi connectivity index (χ1n) is 8.55. The largest absolute Gasteiger partial charge is 0.493 e. The number of aryl methyl sites for hydroxylation is 1. The summed E-state index contributed by atoms with van der Waals surface area (Å²) in [6.45, 7) is 0. The van der Waals surface area contributed by atoms with Crippen LogP contribution in [0.2, 0.25) is 0 Å². The monoisotopic (exact) mass is 391 g/mol. The van der Waals surface area contributed by atoms with Crippen molar-refractivity contribution in [3.8, 4) is 5.88 Å². The van der Waals surface area contributed by atoms with Crippen LogP contribution in [0.5, 0.6) is 5.88 Å². The molecule has 9 heteroatoms. The molecule has 144 valence electrons. The van der Waals surface area contributed by atoms with Gasteiger partial charge < -0.3 is 9.84 Å². The average Bonchev–Trinajstić information content (AvgIpc) is 2.99. The highest BCUT2D eigenvalue weighted by Gasteiger charge is 2.22. The van der Waals surface area contributed by atoms with Gasteiger partial charge in [-0.25, -0.2) is 13.7 Å². The number of carbonyl (C=O) groups excluding carboxylic acids is 2. The van der Waals surface area contributed by atoms with Crippen LogP contribution in [-0.2, 0) is 21.5 Å². The van der Waals surface area contributed by atoms with Gasteiger partial charge in [-0.3, -0.25) is 4.79 Å². The maximum Gasteiger partial charge on any atom is 0.340 e. The van der Waals surface area contributed by atoms with Gasteiger partial charge in [-0.2, -0.15) is 9.46 Å². The molecule has 2 aromatic rings. The van der Waals surface area contributed by atoms with Gasteiger partial charge >= 0.3 is 5.97 Å². The Morgan fingerprint density at radius 2 is 1.93 bits per heavy atom. The minimum atomic E-state index is -2.48. The lowest BCUT2D eigenvalue weighted by Gasteiger charge is -2.16. The number of hydrogen-bond acceptors (Lipinski definition) is 7. The summed E-state index contributed by atoms with van der Waals surface area (Å²) in [5, 5.41) is 13.8. The molecule has 1 N–H and O–H groups in total. The number of carbonyl (C=O) groups is 2. The molecule has 0 spiro atoms. The minimum absolute atomic E-state index is 0.0381. The van der Waals surface area contributed by atoms with Gasteiger partial charge in [-0.1, -0.05) is 12.5 Å². The van der Waals surface area contributed by atoms with Crippen molar-refractivity contribution in [2.75, 3.05) is 18.6 Å². The van der Waals surface area contributed by atoms with Gasteiger partial charge in [0, 0.05) is 24.1 Å². The van der Waals surface area contributed by atoms with Crippen LogP contribution < -0.4 is 0 Å². The first-order valence-corrected chi connectivity index (χ1v) is 10.4. The van der Waals surface area contributed by atoms with Crippen molar-refractivity contribution in [2.45, 2.75) is 19.3 Å². The van der Waals surface area contributed by atoms with Crippen molar-refractivity contribution in [1.82, 2.24) is 9.78 Å². The normalized spacial score (nSPS) is 15.9. The molecule has 0 radical (unpaired) electrons. The maximum absolute atomic E-state index is 13.0. The Hall–Kier alpha value is -2.68. The third-order valence-corrected chi connectivity index (χ3v) is 6.89. The smallest absolute Gasteiger partial charge is 0.340 e. The minimum Gasteiger partial charge on any atom is -0.493 e. The third kappa shape index (κ3) is 3.87. The summed E-state index contributed by atoms with van der Waals surface area (Å²) in [7, 11) is 0.285.